The van der Waals surface area contributed by atoms with Crippen molar-refractivity contribution in [2.24, 2.45) is 0 Å². The van der Waals surface area contributed by atoms with Crippen LogP contribution >= 0.6 is 49.6 Å². The third-order valence-electron chi connectivity index (χ3n) is 0.957. The second-order valence-corrected chi connectivity index (χ2v) is 1.71. The molecule has 0 atom stereocenters. The summed E-state index contributed by atoms with van der Waals surface area (Å²) in [7, 11) is 0. The maximum atomic E-state index is 2.23. The molecule has 0 spiro atoms. The molecule has 0 saturated heterocycles. The fourth-order valence-electron chi connectivity index (χ4n) is 0.500. The van der Waals surface area contributed by atoms with Crippen LogP contribution in [0.5, 0.6) is 0 Å². The first-order chi connectivity index (χ1) is 2.91. The lowest BCUT2D eigenvalue weighted by Crippen LogP contribution is -1.66. The lowest BCUT2D eigenvalue weighted by molar-refractivity contribution is 0.702. The van der Waals surface area contributed by atoms with Crippen molar-refractivity contribution in [1.29, 1.82) is 0 Å². The minimum Gasteiger partial charge on any atom is -0.147 e. The third-order valence-corrected chi connectivity index (χ3v) is 0.957. The van der Waals surface area contributed by atoms with E-state index in [1.165, 1.54) is 25.7 Å². The van der Waals surface area contributed by atoms with E-state index in [0.29, 0.717) is 0 Å². The Morgan fingerprint density at radius 3 is 0.909 bits per heavy atom. The van der Waals surface area contributed by atoms with Crippen LogP contribution in [0, 0.1) is 0 Å². The van der Waals surface area contributed by atoms with Crippen LogP contribution < -0.4 is 0 Å². The van der Waals surface area contributed by atoms with Crippen LogP contribution in [0.2, 0.25) is 0 Å². The summed E-state index contributed by atoms with van der Waals surface area (Å²) in [6.07, 6.45) is 5.54. The fourth-order valence-corrected chi connectivity index (χ4v) is 0.500. The standard InChI is InChI=1S/C6H14.CH4.4ClH/c1-3-5-6-4-2;;;;;/h3-6H2,1-2H3;1H4;4*1H. The van der Waals surface area contributed by atoms with Gasteiger partial charge in [0.05, 0.1) is 0 Å². The highest BCUT2D eigenvalue weighted by Crippen LogP contribution is 1.95. The summed E-state index contributed by atoms with van der Waals surface area (Å²) >= 11 is 0. The molecule has 0 aliphatic rings. The molecular weight excluding hydrogens is 226 g/mol. The summed E-state index contributed by atoms with van der Waals surface area (Å²) in [5.41, 5.74) is 0. The zero-order valence-electron chi connectivity index (χ0n) is 6.46. The van der Waals surface area contributed by atoms with Gasteiger partial charge in [0, 0.05) is 0 Å². The summed E-state index contributed by atoms with van der Waals surface area (Å²) < 4.78 is 0. The first-order valence-electron chi connectivity index (χ1n) is 2.91. The van der Waals surface area contributed by atoms with Crippen LogP contribution in [-0.2, 0) is 0 Å². The maximum absolute atomic E-state index is 2.23. The molecule has 0 fully saturated rings. The predicted molar refractivity (Wildman–Crippen MR) is 65.5 cm³/mol. The molecule has 0 unspecified atom stereocenters. The molecule has 0 saturated carbocycles. The smallest absolute Gasteiger partial charge is 0.0536 e. The first-order valence-corrected chi connectivity index (χ1v) is 2.91. The summed E-state index contributed by atoms with van der Waals surface area (Å²) in [6, 6.07) is 0. The quantitative estimate of drug-likeness (QED) is 0.622. The Bertz CT molecular complexity index is 22.4. The Hall–Kier alpha value is 1.16. The Morgan fingerprint density at radius 2 is 0.818 bits per heavy atom. The van der Waals surface area contributed by atoms with Crippen LogP contribution in [0.1, 0.15) is 47.0 Å². The van der Waals surface area contributed by atoms with Crippen LogP contribution in [-0.4, -0.2) is 0 Å². The van der Waals surface area contributed by atoms with E-state index in [1.54, 1.807) is 0 Å². The van der Waals surface area contributed by atoms with Gasteiger partial charge in [-0.2, -0.15) is 0 Å². The summed E-state index contributed by atoms with van der Waals surface area (Å²) in [5, 5.41) is 0. The predicted octanol–water partition coefficient (Wildman–Crippen LogP) is 4.91. The monoisotopic (exact) mass is 246 g/mol. The van der Waals surface area contributed by atoms with Crippen LogP contribution in [0.3, 0.4) is 0 Å². The van der Waals surface area contributed by atoms with Gasteiger partial charge in [-0.1, -0.05) is 47.0 Å². The molecule has 0 radical (unpaired) electrons. The van der Waals surface area contributed by atoms with E-state index in [4.69, 9.17) is 0 Å². The van der Waals surface area contributed by atoms with Crippen molar-refractivity contribution < 1.29 is 0 Å². The van der Waals surface area contributed by atoms with Gasteiger partial charge in [0.2, 0.25) is 0 Å². The van der Waals surface area contributed by atoms with E-state index in [1.807, 2.05) is 0 Å². The van der Waals surface area contributed by atoms with Crippen LogP contribution in [0.25, 0.3) is 0 Å². The molecule has 0 rings (SSSR count). The van der Waals surface area contributed by atoms with Gasteiger partial charge in [0.1, 0.15) is 0 Å². The Morgan fingerprint density at radius 1 is 0.636 bits per heavy atom. The first kappa shape index (κ1) is 39.9. The van der Waals surface area contributed by atoms with Gasteiger partial charge in [0.25, 0.3) is 0 Å². The SMILES string of the molecule is C.CCCCCC.Cl.Cl.Cl.Cl. The molecule has 0 bridgehead atoms. The zero-order valence-corrected chi connectivity index (χ0v) is 9.73. The molecule has 78 valence electrons. The topological polar surface area (TPSA) is 0 Å². The van der Waals surface area contributed by atoms with Gasteiger partial charge in [-0.05, 0) is 0 Å². The van der Waals surface area contributed by atoms with E-state index in [0.717, 1.165) is 0 Å². The molecule has 0 aliphatic carbocycles. The lowest BCUT2D eigenvalue weighted by atomic mass is 10.2. The molecule has 0 amide bonds. The number of hydrogen-bond acceptors (Lipinski definition) is 0. The molecule has 0 heterocycles. The van der Waals surface area contributed by atoms with E-state index >= 15 is 0 Å². The van der Waals surface area contributed by atoms with Crippen molar-refractivity contribution in [2.75, 3.05) is 0 Å². The van der Waals surface area contributed by atoms with Crippen molar-refractivity contribution in [2.45, 2.75) is 47.0 Å². The van der Waals surface area contributed by atoms with E-state index in [2.05, 4.69) is 13.8 Å². The average molecular weight is 248 g/mol. The molecular formula is C7H22Cl4. The molecule has 4 heteroatoms. The summed E-state index contributed by atoms with van der Waals surface area (Å²) in [6.45, 7) is 4.46. The normalized spacial score (nSPS) is 4.91. The molecule has 0 nitrogen and oxygen atoms in total. The lowest BCUT2D eigenvalue weighted by Gasteiger charge is -1.86. The van der Waals surface area contributed by atoms with Crippen molar-refractivity contribution in [3.05, 3.63) is 0 Å². The summed E-state index contributed by atoms with van der Waals surface area (Å²) in [5.74, 6) is 0. The van der Waals surface area contributed by atoms with Gasteiger partial charge in [-0.3, -0.25) is 0 Å². The molecule has 0 aromatic rings. The Balaban J connectivity index is -0.0000000125. The van der Waals surface area contributed by atoms with Gasteiger partial charge < -0.3 is 0 Å². The number of hydrogen-bond donors (Lipinski definition) is 0. The Kier molecular flexibility index (Phi) is 157. The fraction of sp³-hybridized carbons (Fsp3) is 1.00. The van der Waals surface area contributed by atoms with E-state index in [9.17, 15) is 0 Å². The largest absolute Gasteiger partial charge is 0.147 e. The highest BCUT2D eigenvalue weighted by atomic mass is 35.5. The second kappa shape index (κ2) is 43.3. The highest BCUT2D eigenvalue weighted by Gasteiger charge is 1.75. The van der Waals surface area contributed by atoms with Crippen LogP contribution in [0.15, 0.2) is 0 Å². The zero-order chi connectivity index (χ0) is 4.83. The number of rotatable bonds is 3. The number of halogens is 4. The maximum Gasteiger partial charge on any atom is -0.0536 e. The third kappa shape index (κ3) is 54.1. The molecule has 0 aromatic heterocycles. The van der Waals surface area contributed by atoms with E-state index < -0.39 is 0 Å². The van der Waals surface area contributed by atoms with Crippen molar-refractivity contribution in [1.82, 2.24) is 0 Å². The van der Waals surface area contributed by atoms with Gasteiger partial charge in [-0.15, -0.1) is 49.6 Å². The van der Waals surface area contributed by atoms with Crippen molar-refractivity contribution >= 4 is 49.6 Å². The minimum absolute atomic E-state index is 0. The molecule has 11 heavy (non-hydrogen) atoms. The van der Waals surface area contributed by atoms with Gasteiger partial charge >= 0.3 is 0 Å². The molecule has 0 aliphatic heterocycles. The second-order valence-electron chi connectivity index (χ2n) is 1.71. The van der Waals surface area contributed by atoms with Crippen molar-refractivity contribution in [3.63, 3.8) is 0 Å². The van der Waals surface area contributed by atoms with E-state index in [-0.39, 0.29) is 57.1 Å². The van der Waals surface area contributed by atoms with Gasteiger partial charge in [-0.25, -0.2) is 0 Å². The highest BCUT2D eigenvalue weighted by molar-refractivity contribution is 5.86. The summed E-state index contributed by atoms with van der Waals surface area (Å²) in [4.78, 5) is 0. The minimum atomic E-state index is 0. The number of unbranched alkanes of at least 4 members (excludes halogenated alkanes) is 3. The molecule has 0 N–H and O–H groups in total. The average Bonchev–Trinajstić information content (AvgIpc) is 1.61. The van der Waals surface area contributed by atoms with Gasteiger partial charge in [0.15, 0.2) is 0 Å². The van der Waals surface area contributed by atoms with Crippen molar-refractivity contribution in [3.8, 4) is 0 Å². The molecule has 0 aromatic carbocycles. The van der Waals surface area contributed by atoms with Crippen LogP contribution in [0.4, 0.5) is 0 Å². The Labute approximate surface area is 96.5 Å².